The summed E-state index contributed by atoms with van der Waals surface area (Å²) in [5.41, 5.74) is 0.929. The van der Waals surface area contributed by atoms with Gasteiger partial charge < -0.3 is 14.8 Å². The Hall–Kier alpha value is -2.85. The summed E-state index contributed by atoms with van der Waals surface area (Å²) < 4.78 is 39.4. The maximum absolute atomic E-state index is 12.9. The van der Waals surface area contributed by atoms with Crippen LogP contribution in [0.3, 0.4) is 0 Å². The van der Waals surface area contributed by atoms with Gasteiger partial charge in [0.25, 0.3) is 10.0 Å². The predicted molar refractivity (Wildman–Crippen MR) is 114 cm³/mol. The summed E-state index contributed by atoms with van der Waals surface area (Å²) in [4.78, 5) is 16.1. The highest BCUT2D eigenvalue weighted by molar-refractivity contribution is 7.92. The molecular weight excluding hydrogens is 414 g/mol. The number of fused-ring (bicyclic) bond motifs is 1. The highest BCUT2D eigenvalue weighted by atomic mass is 32.2. The van der Waals surface area contributed by atoms with E-state index in [1.165, 1.54) is 37.7 Å². The van der Waals surface area contributed by atoms with E-state index in [9.17, 15) is 13.2 Å². The van der Waals surface area contributed by atoms with E-state index >= 15 is 0 Å². The Bertz CT molecular complexity index is 1140. The van der Waals surface area contributed by atoms with Crippen molar-refractivity contribution in [3.63, 3.8) is 0 Å². The lowest BCUT2D eigenvalue weighted by atomic mass is 10.3. The van der Waals surface area contributed by atoms with Crippen molar-refractivity contribution in [3.8, 4) is 11.5 Å². The minimum absolute atomic E-state index is 0.0368. The van der Waals surface area contributed by atoms with Gasteiger partial charge in [-0.05, 0) is 36.8 Å². The van der Waals surface area contributed by atoms with E-state index < -0.39 is 10.0 Å². The fraction of sp³-hybridized carbons (Fsp3) is 0.263. The molecule has 0 atom stereocenters. The van der Waals surface area contributed by atoms with Gasteiger partial charge in [0.05, 0.1) is 30.1 Å². The Labute approximate surface area is 172 Å². The van der Waals surface area contributed by atoms with Crippen LogP contribution in [0.25, 0.3) is 10.2 Å². The van der Waals surface area contributed by atoms with Crippen LogP contribution >= 0.6 is 11.3 Å². The van der Waals surface area contributed by atoms with Crippen LogP contribution < -0.4 is 19.5 Å². The van der Waals surface area contributed by atoms with Crippen LogP contribution in [0.15, 0.2) is 41.3 Å². The number of thiazole rings is 1. The number of hydrogen-bond donors (Lipinski definition) is 2. The standard InChI is InChI=1S/C19H21N3O5S2/c1-4-5-18(23)21-19-20-14-10-12(6-9-16(14)28-19)22-29(24,25)17-11-13(26-2)7-8-15(17)27-3/h6-11,22H,4-5H2,1-3H3,(H,20,21,23). The maximum atomic E-state index is 12.9. The second kappa shape index (κ2) is 8.66. The molecule has 2 N–H and O–H groups in total. The van der Waals surface area contributed by atoms with Crippen molar-refractivity contribution >= 4 is 48.3 Å². The lowest BCUT2D eigenvalue weighted by molar-refractivity contribution is -0.116. The summed E-state index contributed by atoms with van der Waals surface area (Å²) in [6.45, 7) is 1.92. The first-order valence-electron chi connectivity index (χ1n) is 8.81. The monoisotopic (exact) mass is 435 g/mol. The first-order valence-corrected chi connectivity index (χ1v) is 11.1. The molecule has 0 fully saturated rings. The number of carbonyl (C=O) groups excluding carboxylic acids is 1. The molecule has 0 spiro atoms. The molecule has 3 aromatic rings. The van der Waals surface area contributed by atoms with Gasteiger partial charge in [0.2, 0.25) is 5.91 Å². The molecule has 29 heavy (non-hydrogen) atoms. The summed E-state index contributed by atoms with van der Waals surface area (Å²) in [5, 5.41) is 3.23. The van der Waals surface area contributed by atoms with Crippen LogP contribution in [0, 0.1) is 0 Å². The number of methoxy groups -OCH3 is 2. The molecule has 1 aromatic heterocycles. The van der Waals surface area contributed by atoms with Gasteiger partial charge in [0, 0.05) is 12.5 Å². The normalized spacial score (nSPS) is 11.3. The predicted octanol–water partition coefficient (Wildman–Crippen LogP) is 3.85. The molecule has 8 nitrogen and oxygen atoms in total. The van der Waals surface area contributed by atoms with E-state index in [4.69, 9.17) is 9.47 Å². The molecule has 1 heterocycles. The van der Waals surface area contributed by atoms with Gasteiger partial charge in [-0.3, -0.25) is 9.52 Å². The topological polar surface area (TPSA) is 107 Å². The Morgan fingerprint density at radius 2 is 1.93 bits per heavy atom. The van der Waals surface area contributed by atoms with Crippen LogP contribution in [-0.4, -0.2) is 33.5 Å². The van der Waals surface area contributed by atoms with Gasteiger partial charge in [-0.2, -0.15) is 0 Å². The van der Waals surface area contributed by atoms with E-state index in [1.807, 2.05) is 6.92 Å². The fourth-order valence-electron chi connectivity index (χ4n) is 2.66. The number of hydrogen-bond acceptors (Lipinski definition) is 7. The van der Waals surface area contributed by atoms with Gasteiger partial charge in [-0.1, -0.05) is 18.3 Å². The number of nitrogens with one attached hydrogen (secondary N) is 2. The highest BCUT2D eigenvalue weighted by Crippen LogP contribution is 2.32. The van der Waals surface area contributed by atoms with Crippen molar-refractivity contribution in [1.29, 1.82) is 0 Å². The van der Waals surface area contributed by atoms with Gasteiger partial charge in [0.15, 0.2) is 5.13 Å². The number of sulfonamides is 1. The quantitative estimate of drug-likeness (QED) is 0.557. The van der Waals surface area contributed by atoms with E-state index in [2.05, 4.69) is 15.0 Å². The molecule has 2 aromatic carbocycles. The van der Waals surface area contributed by atoms with E-state index in [-0.39, 0.29) is 16.6 Å². The molecule has 10 heteroatoms. The Kier molecular flexibility index (Phi) is 6.23. The molecule has 1 amide bonds. The maximum Gasteiger partial charge on any atom is 0.265 e. The lowest BCUT2D eigenvalue weighted by Gasteiger charge is -2.12. The molecule has 0 bridgehead atoms. The Balaban J connectivity index is 1.88. The van der Waals surface area contributed by atoms with Crippen molar-refractivity contribution < 1.29 is 22.7 Å². The largest absolute Gasteiger partial charge is 0.497 e. The summed E-state index contributed by atoms with van der Waals surface area (Å²) in [6.07, 6.45) is 1.17. The van der Waals surface area contributed by atoms with Crippen LogP contribution in [0.4, 0.5) is 10.8 Å². The molecule has 154 valence electrons. The van der Waals surface area contributed by atoms with Crippen LogP contribution in [0.5, 0.6) is 11.5 Å². The number of carbonyl (C=O) groups is 1. The number of anilines is 2. The average Bonchev–Trinajstić information content (AvgIpc) is 3.08. The van der Waals surface area contributed by atoms with Crippen LogP contribution in [-0.2, 0) is 14.8 Å². The molecular formula is C19H21N3O5S2. The van der Waals surface area contributed by atoms with E-state index in [0.29, 0.717) is 28.5 Å². The second-order valence-corrected chi connectivity index (χ2v) is 8.80. The van der Waals surface area contributed by atoms with E-state index in [0.717, 1.165) is 11.1 Å². The molecule has 0 aliphatic carbocycles. The van der Waals surface area contributed by atoms with Crippen molar-refractivity contribution in [2.45, 2.75) is 24.7 Å². The van der Waals surface area contributed by atoms with Gasteiger partial charge in [-0.15, -0.1) is 0 Å². The molecule has 0 saturated carbocycles. The lowest BCUT2D eigenvalue weighted by Crippen LogP contribution is -2.14. The van der Waals surface area contributed by atoms with Crippen molar-refractivity contribution in [1.82, 2.24) is 4.98 Å². The molecule has 0 aliphatic heterocycles. The Morgan fingerprint density at radius 1 is 1.14 bits per heavy atom. The molecule has 0 aliphatic rings. The molecule has 0 saturated heterocycles. The zero-order valence-electron chi connectivity index (χ0n) is 16.2. The second-order valence-electron chi connectivity index (χ2n) is 6.12. The third kappa shape index (κ3) is 4.77. The van der Waals surface area contributed by atoms with Crippen molar-refractivity contribution in [3.05, 3.63) is 36.4 Å². The van der Waals surface area contributed by atoms with Crippen LogP contribution in [0.2, 0.25) is 0 Å². The number of ether oxygens (including phenoxy) is 2. The minimum atomic E-state index is -3.93. The summed E-state index contributed by atoms with van der Waals surface area (Å²) in [7, 11) is -1.07. The van der Waals surface area contributed by atoms with Gasteiger partial charge in [-0.25, -0.2) is 13.4 Å². The summed E-state index contributed by atoms with van der Waals surface area (Å²) in [6, 6.07) is 9.55. The van der Waals surface area contributed by atoms with Crippen molar-refractivity contribution in [2.24, 2.45) is 0 Å². The number of aromatic nitrogens is 1. The SMILES string of the molecule is CCCC(=O)Nc1nc2cc(NS(=O)(=O)c3cc(OC)ccc3OC)ccc2s1. The zero-order chi connectivity index (χ0) is 21.0. The van der Waals surface area contributed by atoms with Gasteiger partial charge >= 0.3 is 0 Å². The van der Waals surface area contributed by atoms with Crippen molar-refractivity contribution in [2.75, 3.05) is 24.3 Å². The third-order valence-electron chi connectivity index (χ3n) is 4.02. The van der Waals surface area contributed by atoms with E-state index in [1.54, 1.807) is 24.3 Å². The third-order valence-corrected chi connectivity index (χ3v) is 6.38. The van der Waals surface area contributed by atoms with Crippen LogP contribution in [0.1, 0.15) is 19.8 Å². The summed E-state index contributed by atoms with van der Waals surface area (Å²) >= 11 is 1.33. The highest BCUT2D eigenvalue weighted by Gasteiger charge is 2.21. The average molecular weight is 436 g/mol. The summed E-state index contributed by atoms with van der Waals surface area (Å²) in [5.74, 6) is 0.500. The fourth-order valence-corrected chi connectivity index (χ4v) is 4.75. The Morgan fingerprint density at radius 3 is 2.62 bits per heavy atom. The smallest absolute Gasteiger partial charge is 0.265 e. The molecule has 0 radical (unpaired) electrons. The molecule has 0 unspecified atom stereocenters. The number of nitrogens with zero attached hydrogens (tertiary/aromatic N) is 1. The first-order chi connectivity index (χ1) is 13.9. The number of amides is 1. The number of benzene rings is 2. The first kappa shape index (κ1) is 20.9. The minimum Gasteiger partial charge on any atom is -0.497 e. The van der Waals surface area contributed by atoms with Gasteiger partial charge in [0.1, 0.15) is 16.4 Å². The molecule has 3 rings (SSSR count). The zero-order valence-corrected chi connectivity index (χ0v) is 17.8. The number of rotatable bonds is 8.